The van der Waals surface area contributed by atoms with Crippen LogP contribution in [0.25, 0.3) is 0 Å². The van der Waals surface area contributed by atoms with Crippen LogP contribution in [0, 0.1) is 11.6 Å². The number of sulfonamides is 1. The van der Waals surface area contributed by atoms with Gasteiger partial charge in [-0.05, 0) is 37.1 Å². The molecule has 0 aliphatic carbocycles. The quantitative estimate of drug-likeness (QED) is 0.732. The minimum absolute atomic E-state index is 0.268. The average Bonchev–Trinajstić information content (AvgIpc) is 3.11. The summed E-state index contributed by atoms with van der Waals surface area (Å²) >= 11 is 0. The molecule has 1 saturated heterocycles. The molecule has 5 nitrogen and oxygen atoms in total. The largest absolute Gasteiger partial charge is 0.573 e. The molecule has 3 rings (SSSR count). The van der Waals surface area contributed by atoms with Crippen LogP contribution in [0.15, 0.2) is 41.3 Å². The van der Waals surface area contributed by atoms with E-state index in [0.29, 0.717) is 19.2 Å². The van der Waals surface area contributed by atoms with E-state index in [1.807, 2.05) is 4.72 Å². The fraction of sp³-hybridized carbons (Fsp3) is 0.294. The van der Waals surface area contributed by atoms with Crippen LogP contribution in [-0.2, 0) is 10.0 Å². The summed E-state index contributed by atoms with van der Waals surface area (Å²) in [7, 11) is -4.74. The number of benzene rings is 2. The maximum atomic E-state index is 14.4. The SMILES string of the molecule is O=S(=O)(Nc1c(F)cccc1N1CCCC1)c1cccc(OC(F)(F)F)c1F. The number of alkyl halides is 3. The van der Waals surface area contributed by atoms with E-state index in [0.717, 1.165) is 31.0 Å². The highest BCUT2D eigenvalue weighted by Gasteiger charge is 2.34. The van der Waals surface area contributed by atoms with E-state index in [9.17, 15) is 30.4 Å². The van der Waals surface area contributed by atoms with Gasteiger partial charge in [0, 0.05) is 13.1 Å². The fourth-order valence-corrected chi connectivity index (χ4v) is 4.10. The Morgan fingerprint density at radius 1 is 1.00 bits per heavy atom. The van der Waals surface area contributed by atoms with E-state index in [-0.39, 0.29) is 5.69 Å². The molecule has 28 heavy (non-hydrogen) atoms. The number of ether oxygens (including phenoxy) is 1. The standard InChI is InChI=1S/C17H15F5N2O3S/c18-11-5-3-6-12(24-9-1-2-10-24)16(11)23-28(25,26)14-8-4-7-13(15(14)19)27-17(20,21)22/h3-8,23H,1-2,9-10H2. The minimum atomic E-state index is -5.20. The molecule has 1 aliphatic rings. The normalized spacial score (nSPS) is 15.0. The lowest BCUT2D eigenvalue weighted by atomic mass is 10.2. The number of rotatable bonds is 5. The first kappa shape index (κ1) is 20.2. The van der Waals surface area contributed by atoms with Gasteiger partial charge in [-0.25, -0.2) is 17.2 Å². The Morgan fingerprint density at radius 3 is 2.29 bits per heavy atom. The second kappa shape index (κ2) is 7.46. The van der Waals surface area contributed by atoms with Gasteiger partial charge in [0.25, 0.3) is 10.0 Å². The van der Waals surface area contributed by atoms with E-state index in [1.165, 1.54) is 12.1 Å². The fourth-order valence-electron chi connectivity index (χ4n) is 2.93. The third-order valence-electron chi connectivity index (χ3n) is 4.12. The van der Waals surface area contributed by atoms with Crippen LogP contribution < -0.4 is 14.4 Å². The highest BCUT2D eigenvalue weighted by Crippen LogP contribution is 2.35. The molecule has 0 saturated carbocycles. The van der Waals surface area contributed by atoms with E-state index >= 15 is 0 Å². The predicted octanol–water partition coefficient (Wildman–Crippen LogP) is 4.26. The number of hydrogen-bond acceptors (Lipinski definition) is 4. The van der Waals surface area contributed by atoms with Crippen molar-refractivity contribution in [2.75, 3.05) is 22.7 Å². The van der Waals surface area contributed by atoms with Crippen LogP contribution in [0.1, 0.15) is 12.8 Å². The summed E-state index contributed by atoms with van der Waals surface area (Å²) in [4.78, 5) is 0.672. The second-order valence-electron chi connectivity index (χ2n) is 6.05. The number of nitrogens with zero attached hydrogens (tertiary/aromatic N) is 1. The number of halogens is 5. The van der Waals surface area contributed by atoms with Crippen molar-refractivity contribution in [1.82, 2.24) is 0 Å². The molecule has 2 aromatic carbocycles. The predicted molar refractivity (Wildman–Crippen MR) is 91.7 cm³/mol. The molecule has 1 aliphatic heterocycles. The van der Waals surface area contributed by atoms with Gasteiger partial charge in [0.1, 0.15) is 16.4 Å². The molecule has 0 radical (unpaired) electrons. The summed E-state index contributed by atoms with van der Waals surface area (Å²) in [6, 6.07) is 6.22. The summed E-state index contributed by atoms with van der Waals surface area (Å²) in [5.41, 5.74) is -0.130. The van der Waals surface area contributed by atoms with Gasteiger partial charge in [0.05, 0.1) is 5.69 Å². The summed E-state index contributed by atoms with van der Waals surface area (Å²) in [5, 5.41) is 0. The highest BCUT2D eigenvalue weighted by molar-refractivity contribution is 7.92. The summed E-state index contributed by atoms with van der Waals surface area (Å²) < 4.78 is 96.4. The lowest BCUT2D eigenvalue weighted by Crippen LogP contribution is -2.23. The first-order valence-corrected chi connectivity index (χ1v) is 9.67. The van der Waals surface area contributed by atoms with E-state index in [1.54, 1.807) is 4.90 Å². The van der Waals surface area contributed by atoms with Gasteiger partial charge in [-0.3, -0.25) is 4.72 Å². The van der Waals surface area contributed by atoms with Crippen LogP contribution in [0.5, 0.6) is 5.75 Å². The molecule has 0 spiro atoms. The number of nitrogens with one attached hydrogen (secondary N) is 1. The lowest BCUT2D eigenvalue weighted by molar-refractivity contribution is -0.275. The van der Waals surface area contributed by atoms with E-state index in [2.05, 4.69) is 4.74 Å². The van der Waals surface area contributed by atoms with Gasteiger partial charge in [-0.1, -0.05) is 12.1 Å². The Kier molecular flexibility index (Phi) is 5.37. The smallest absolute Gasteiger partial charge is 0.403 e. The van der Waals surface area contributed by atoms with E-state index in [4.69, 9.17) is 0 Å². The Balaban J connectivity index is 1.99. The Labute approximate surface area is 157 Å². The lowest BCUT2D eigenvalue weighted by Gasteiger charge is -2.22. The van der Waals surface area contributed by atoms with Crippen LogP contribution in [0.3, 0.4) is 0 Å². The second-order valence-corrected chi connectivity index (χ2v) is 7.70. The third-order valence-corrected chi connectivity index (χ3v) is 5.49. The first-order valence-electron chi connectivity index (χ1n) is 8.19. The zero-order valence-electron chi connectivity index (χ0n) is 14.3. The molecule has 2 aromatic rings. The minimum Gasteiger partial charge on any atom is -0.403 e. The molecule has 0 unspecified atom stereocenters. The molecule has 0 bridgehead atoms. The Hall–Kier alpha value is -2.56. The molecule has 152 valence electrons. The zero-order chi connectivity index (χ0) is 20.5. The van der Waals surface area contributed by atoms with Crippen molar-refractivity contribution in [3.05, 3.63) is 48.0 Å². The van der Waals surface area contributed by atoms with Crippen molar-refractivity contribution in [2.45, 2.75) is 24.1 Å². The topological polar surface area (TPSA) is 58.6 Å². The highest BCUT2D eigenvalue weighted by atomic mass is 32.2. The Morgan fingerprint density at radius 2 is 1.64 bits per heavy atom. The van der Waals surface area contributed by atoms with Crippen LogP contribution in [0.2, 0.25) is 0 Å². The van der Waals surface area contributed by atoms with E-state index < -0.39 is 44.4 Å². The molecule has 1 fully saturated rings. The van der Waals surface area contributed by atoms with Gasteiger partial charge < -0.3 is 9.64 Å². The molecule has 0 aromatic heterocycles. The molecule has 1 N–H and O–H groups in total. The van der Waals surface area contributed by atoms with Crippen LogP contribution in [-0.4, -0.2) is 27.9 Å². The van der Waals surface area contributed by atoms with Crippen molar-refractivity contribution in [2.24, 2.45) is 0 Å². The molecule has 11 heteroatoms. The van der Waals surface area contributed by atoms with Gasteiger partial charge in [0.2, 0.25) is 0 Å². The van der Waals surface area contributed by atoms with Gasteiger partial charge in [0.15, 0.2) is 11.6 Å². The number of para-hydroxylation sites is 1. The van der Waals surface area contributed by atoms with Crippen molar-refractivity contribution < 1.29 is 35.1 Å². The summed E-state index contributed by atoms with van der Waals surface area (Å²) in [6.45, 7) is 1.17. The van der Waals surface area contributed by atoms with Crippen molar-refractivity contribution in [3.63, 3.8) is 0 Å². The number of anilines is 2. The van der Waals surface area contributed by atoms with Crippen LogP contribution in [0.4, 0.5) is 33.3 Å². The molecule has 0 atom stereocenters. The van der Waals surface area contributed by atoms with Crippen LogP contribution >= 0.6 is 0 Å². The molecular formula is C17H15F5N2O3S. The zero-order valence-corrected chi connectivity index (χ0v) is 15.1. The van der Waals surface area contributed by atoms with Crippen molar-refractivity contribution >= 4 is 21.4 Å². The average molecular weight is 422 g/mol. The third kappa shape index (κ3) is 4.29. The van der Waals surface area contributed by atoms with Gasteiger partial charge in [-0.15, -0.1) is 13.2 Å². The first-order chi connectivity index (χ1) is 13.1. The molecular weight excluding hydrogens is 407 g/mol. The summed E-state index contributed by atoms with van der Waals surface area (Å²) in [6.07, 6.45) is -3.52. The van der Waals surface area contributed by atoms with Gasteiger partial charge in [-0.2, -0.15) is 0 Å². The maximum Gasteiger partial charge on any atom is 0.573 e. The van der Waals surface area contributed by atoms with Gasteiger partial charge >= 0.3 is 6.36 Å². The molecule has 0 amide bonds. The number of hydrogen-bond donors (Lipinski definition) is 1. The van der Waals surface area contributed by atoms with Crippen molar-refractivity contribution in [1.29, 1.82) is 0 Å². The van der Waals surface area contributed by atoms with Crippen molar-refractivity contribution in [3.8, 4) is 5.75 Å². The monoisotopic (exact) mass is 422 g/mol. The summed E-state index contributed by atoms with van der Waals surface area (Å²) in [5.74, 6) is -3.92. The maximum absolute atomic E-state index is 14.4. The Bertz CT molecular complexity index is 973. The molecule has 1 heterocycles.